The third-order valence-electron chi connectivity index (χ3n) is 2.06. The van der Waals surface area contributed by atoms with Crippen LogP contribution >= 0.6 is 0 Å². The van der Waals surface area contributed by atoms with Gasteiger partial charge < -0.3 is 5.32 Å². The monoisotopic (exact) mass is 162 g/mol. The van der Waals surface area contributed by atoms with E-state index < -0.39 is 0 Å². The minimum Gasteiger partial charge on any atom is -0.314 e. The number of amides is 1. The zero-order chi connectivity index (χ0) is 8.55. The normalized spacial score (nSPS) is 32.4. The standard InChI is InChI=1S/C9H10N2O/c1-6-10-8-5-3-2-4-7(8)9(12)11-6/h2-5,7-8H,1H3,(H,10,11,12). The van der Waals surface area contributed by atoms with Crippen molar-refractivity contribution in [2.75, 3.05) is 0 Å². The van der Waals surface area contributed by atoms with Gasteiger partial charge in [-0.05, 0) is 6.92 Å². The first kappa shape index (κ1) is 7.28. The summed E-state index contributed by atoms with van der Waals surface area (Å²) in [4.78, 5) is 15.7. The number of hydrogen-bond donors (Lipinski definition) is 1. The second-order valence-electron chi connectivity index (χ2n) is 2.99. The van der Waals surface area contributed by atoms with Crippen molar-refractivity contribution >= 4 is 11.7 Å². The first-order valence-corrected chi connectivity index (χ1v) is 3.97. The van der Waals surface area contributed by atoms with Gasteiger partial charge in [0.25, 0.3) is 0 Å². The first-order valence-electron chi connectivity index (χ1n) is 3.97. The minimum absolute atomic E-state index is 0.0174. The average Bonchev–Trinajstić information content (AvgIpc) is 2.04. The molecule has 0 bridgehead atoms. The second-order valence-corrected chi connectivity index (χ2v) is 2.99. The van der Waals surface area contributed by atoms with Gasteiger partial charge >= 0.3 is 0 Å². The van der Waals surface area contributed by atoms with E-state index in [9.17, 15) is 4.79 Å². The molecule has 62 valence electrons. The fourth-order valence-electron chi connectivity index (χ4n) is 1.48. The van der Waals surface area contributed by atoms with Crippen LogP contribution < -0.4 is 5.32 Å². The van der Waals surface area contributed by atoms with E-state index in [0.29, 0.717) is 5.84 Å². The van der Waals surface area contributed by atoms with Gasteiger partial charge in [0.15, 0.2) is 0 Å². The van der Waals surface area contributed by atoms with E-state index in [1.54, 1.807) is 6.92 Å². The molecule has 0 aromatic heterocycles. The van der Waals surface area contributed by atoms with Gasteiger partial charge in [-0.1, -0.05) is 24.3 Å². The number of amidine groups is 1. The molecule has 0 aromatic rings. The molecule has 0 fully saturated rings. The summed E-state index contributed by atoms with van der Waals surface area (Å²) in [6, 6.07) is 0.0174. The predicted molar refractivity (Wildman–Crippen MR) is 46.8 cm³/mol. The molecular weight excluding hydrogens is 152 g/mol. The Kier molecular flexibility index (Phi) is 1.57. The Hall–Kier alpha value is -1.38. The van der Waals surface area contributed by atoms with E-state index in [2.05, 4.69) is 10.3 Å². The predicted octanol–water partition coefficient (Wildman–Crippen LogP) is 0.645. The molecule has 1 heterocycles. The van der Waals surface area contributed by atoms with Crippen LogP contribution in [-0.4, -0.2) is 17.8 Å². The quantitative estimate of drug-likeness (QED) is 0.558. The number of nitrogens with zero attached hydrogens (tertiary/aromatic N) is 1. The molecule has 0 aromatic carbocycles. The van der Waals surface area contributed by atoms with Gasteiger partial charge in [-0.25, -0.2) is 0 Å². The first-order chi connectivity index (χ1) is 5.77. The largest absolute Gasteiger partial charge is 0.314 e. The van der Waals surface area contributed by atoms with E-state index in [-0.39, 0.29) is 17.9 Å². The summed E-state index contributed by atoms with van der Waals surface area (Å²) in [6.07, 6.45) is 7.65. The van der Waals surface area contributed by atoms with Crippen LogP contribution in [0.2, 0.25) is 0 Å². The Bertz CT molecular complexity index is 302. The van der Waals surface area contributed by atoms with E-state index in [4.69, 9.17) is 0 Å². The van der Waals surface area contributed by atoms with Gasteiger partial charge in [0.2, 0.25) is 5.91 Å². The molecule has 1 aliphatic carbocycles. The van der Waals surface area contributed by atoms with Crippen LogP contribution in [0, 0.1) is 5.92 Å². The molecule has 1 aliphatic heterocycles. The molecule has 3 heteroatoms. The number of hydrogen-bond acceptors (Lipinski definition) is 2. The fraction of sp³-hybridized carbons (Fsp3) is 0.333. The molecule has 0 spiro atoms. The molecule has 2 aliphatic rings. The Morgan fingerprint density at radius 1 is 1.42 bits per heavy atom. The smallest absolute Gasteiger partial charge is 0.234 e. The van der Waals surface area contributed by atoms with Crippen LogP contribution in [0.25, 0.3) is 0 Å². The summed E-state index contributed by atoms with van der Waals surface area (Å²) in [7, 11) is 0. The lowest BCUT2D eigenvalue weighted by Gasteiger charge is -2.25. The number of carbonyl (C=O) groups is 1. The molecule has 1 N–H and O–H groups in total. The average molecular weight is 162 g/mol. The molecule has 0 saturated carbocycles. The Balaban J connectivity index is 2.34. The molecule has 2 atom stereocenters. The summed E-state index contributed by atoms with van der Waals surface area (Å²) in [5, 5.41) is 2.70. The van der Waals surface area contributed by atoms with E-state index in [0.717, 1.165) is 0 Å². The number of fused-ring (bicyclic) bond motifs is 1. The van der Waals surface area contributed by atoms with Crippen LogP contribution in [-0.2, 0) is 4.79 Å². The number of aliphatic imine (C=N–C) groups is 1. The second kappa shape index (κ2) is 2.59. The maximum absolute atomic E-state index is 11.4. The highest BCUT2D eigenvalue weighted by molar-refractivity contribution is 6.01. The highest BCUT2D eigenvalue weighted by Crippen LogP contribution is 2.18. The number of carbonyl (C=O) groups excluding carboxylic acids is 1. The molecule has 2 rings (SSSR count). The Morgan fingerprint density at radius 2 is 2.17 bits per heavy atom. The Labute approximate surface area is 70.9 Å². The van der Waals surface area contributed by atoms with Gasteiger partial charge in [0.05, 0.1) is 12.0 Å². The third kappa shape index (κ3) is 1.07. The number of rotatable bonds is 0. The van der Waals surface area contributed by atoms with Crippen LogP contribution in [0.4, 0.5) is 0 Å². The maximum Gasteiger partial charge on any atom is 0.234 e. The lowest BCUT2D eigenvalue weighted by atomic mass is 9.93. The van der Waals surface area contributed by atoms with Crippen LogP contribution in [0.1, 0.15) is 6.92 Å². The lowest BCUT2D eigenvalue weighted by Crippen LogP contribution is -2.43. The third-order valence-corrected chi connectivity index (χ3v) is 2.06. The SMILES string of the molecule is CC1=NC2C=CC=CC2C(=O)N1. The Morgan fingerprint density at radius 3 is 3.00 bits per heavy atom. The van der Waals surface area contributed by atoms with Gasteiger partial charge in [-0.3, -0.25) is 9.79 Å². The molecule has 3 nitrogen and oxygen atoms in total. The minimum atomic E-state index is -0.0984. The van der Waals surface area contributed by atoms with E-state index in [1.807, 2.05) is 24.3 Å². The molecule has 0 saturated heterocycles. The van der Waals surface area contributed by atoms with E-state index in [1.165, 1.54) is 0 Å². The van der Waals surface area contributed by atoms with Crippen molar-refractivity contribution in [3.63, 3.8) is 0 Å². The van der Waals surface area contributed by atoms with Crippen LogP contribution in [0.5, 0.6) is 0 Å². The zero-order valence-corrected chi connectivity index (χ0v) is 6.82. The summed E-state index contributed by atoms with van der Waals surface area (Å²) in [5.41, 5.74) is 0. The fourth-order valence-corrected chi connectivity index (χ4v) is 1.48. The van der Waals surface area contributed by atoms with Crippen LogP contribution in [0.3, 0.4) is 0 Å². The van der Waals surface area contributed by atoms with Crippen molar-refractivity contribution in [3.8, 4) is 0 Å². The lowest BCUT2D eigenvalue weighted by molar-refractivity contribution is -0.122. The summed E-state index contributed by atoms with van der Waals surface area (Å²) >= 11 is 0. The molecule has 0 radical (unpaired) electrons. The summed E-state index contributed by atoms with van der Waals surface area (Å²) in [5.74, 6) is 0.660. The highest BCUT2D eigenvalue weighted by Gasteiger charge is 2.28. The van der Waals surface area contributed by atoms with Gasteiger partial charge in [0, 0.05) is 0 Å². The zero-order valence-electron chi connectivity index (χ0n) is 6.82. The van der Waals surface area contributed by atoms with Crippen molar-refractivity contribution < 1.29 is 4.79 Å². The molecule has 1 amide bonds. The van der Waals surface area contributed by atoms with Crippen molar-refractivity contribution in [1.29, 1.82) is 0 Å². The summed E-state index contributed by atoms with van der Waals surface area (Å²) in [6.45, 7) is 1.81. The topological polar surface area (TPSA) is 41.5 Å². The molecule has 12 heavy (non-hydrogen) atoms. The van der Waals surface area contributed by atoms with E-state index >= 15 is 0 Å². The highest BCUT2D eigenvalue weighted by atomic mass is 16.2. The van der Waals surface area contributed by atoms with Crippen molar-refractivity contribution in [2.45, 2.75) is 13.0 Å². The summed E-state index contributed by atoms with van der Waals surface area (Å²) < 4.78 is 0. The number of allylic oxidation sites excluding steroid dienone is 2. The molecular formula is C9H10N2O. The number of nitrogens with one attached hydrogen (secondary N) is 1. The van der Waals surface area contributed by atoms with Crippen molar-refractivity contribution in [3.05, 3.63) is 24.3 Å². The van der Waals surface area contributed by atoms with Gasteiger partial charge in [-0.2, -0.15) is 0 Å². The van der Waals surface area contributed by atoms with Crippen LogP contribution in [0.15, 0.2) is 29.3 Å². The van der Waals surface area contributed by atoms with Gasteiger partial charge in [0.1, 0.15) is 5.84 Å². The maximum atomic E-state index is 11.4. The van der Waals surface area contributed by atoms with Crippen molar-refractivity contribution in [1.82, 2.24) is 5.32 Å². The molecule has 2 unspecified atom stereocenters. The van der Waals surface area contributed by atoms with Gasteiger partial charge in [-0.15, -0.1) is 0 Å². The van der Waals surface area contributed by atoms with Crippen molar-refractivity contribution in [2.24, 2.45) is 10.9 Å².